The van der Waals surface area contributed by atoms with E-state index in [1.54, 1.807) is 18.2 Å². The highest BCUT2D eigenvalue weighted by atomic mass is 79.9. The molecule has 0 bridgehead atoms. The van der Waals surface area contributed by atoms with Crippen molar-refractivity contribution in [2.24, 2.45) is 0 Å². The maximum absolute atomic E-state index is 12.5. The minimum Gasteiger partial charge on any atom is -0.547 e. The van der Waals surface area contributed by atoms with Crippen LogP contribution in [0.5, 0.6) is 0 Å². The summed E-state index contributed by atoms with van der Waals surface area (Å²) in [5.74, 6) is -1.02. The summed E-state index contributed by atoms with van der Waals surface area (Å²) in [6.45, 7) is 0. The molecule has 2 aliphatic heterocycles. The molecule has 0 radical (unpaired) electrons. The van der Waals surface area contributed by atoms with Crippen LogP contribution in [-0.2, 0) is 9.59 Å². The van der Waals surface area contributed by atoms with Gasteiger partial charge in [-0.15, -0.1) is 11.8 Å². The zero-order chi connectivity index (χ0) is 14.4. The number of carbonyl (C=O) groups excluding carboxylic acids is 2. The maximum Gasteiger partial charge on any atom is 0.257 e. The van der Waals surface area contributed by atoms with Gasteiger partial charge in [-0.25, -0.2) is 0 Å². The number of para-hydroxylation sites is 1. The van der Waals surface area contributed by atoms with Gasteiger partial charge in [-0.1, -0.05) is 12.1 Å². The van der Waals surface area contributed by atoms with Crippen molar-refractivity contribution in [3.05, 3.63) is 28.7 Å². The summed E-state index contributed by atoms with van der Waals surface area (Å²) in [6.07, 6.45) is 0. The van der Waals surface area contributed by atoms with Crippen LogP contribution in [0.2, 0.25) is 0 Å². The third-order valence-corrected chi connectivity index (χ3v) is 5.52. The van der Waals surface area contributed by atoms with Crippen LogP contribution in [0.4, 0.5) is 5.69 Å². The molecule has 20 heavy (non-hydrogen) atoms. The van der Waals surface area contributed by atoms with E-state index in [1.807, 2.05) is 6.07 Å². The minimum atomic E-state index is -1.22. The first-order valence-corrected chi connectivity index (χ1v) is 8.00. The number of nitrogens with zero attached hydrogens (tertiary/aromatic N) is 2. The van der Waals surface area contributed by atoms with E-state index in [2.05, 4.69) is 15.9 Å². The first kappa shape index (κ1) is 13.8. The number of carbonyl (C=O) groups is 2. The molecule has 2 fully saturated rings. The van der Waals surface area contributed by atoms with Gasteiger partial charge in [0.05, 0.1) is 11.7 Å². The lowest BCUT2D eigenvalue weighted by atomic mass is 10.2. The quantitative estimate of drug-likeness (QED) is 0.708. The molecule has 1 aromatic carbocycles. The summed E-state index contributed by atoms with van der Waals surface area (Å²) >= 11 is 9.85. The molecule has 2 atom stereocenters. The molecule has 1 aromatic rings. The fourth-order valence-corrected chi connectivity index (χ4v) is 4.49. The third kappa shape index (κ3) is 1.94. The fourth-order valence-electron chi connectivity index (χ4n) is 2.33. The average Bonchev–Trinajstić information content (AvgIpc) is 2.93. The second-order valence-corrected chi connectivity index (χ2v) is 6.67. The van der Waals surface area contributed by atoms with Gasteiger partial charge in [0.1, 0.15) is 11.4 Å². The molecule has 8 heteroatoms. The summed E-state index contributed by atoms with van der Waals surface area (Å²) in [4.78, 5) is 26.4. The number of thioether (sulfide) groups is 1. The predicted molar refractivity (Wildman–Crippen MR) is 81.1 cm³/mol. The third-order valence-electron chi connectivity index (χ3n) is 3.21. The molecule has 5 nitrogen and oxygen atoms in total. The minimum absolute atomic E-state index is 0.196. The standard InChI is InChI=1S/C12H9BrN2O3S2/c13-6-3-1-2-4-7(6)14-9(16)8-5-20-10(11(17)18)15(8)12(14)19/h1-4,8,10H,5H2,(H,17,18)/p-1/t8-,10+/m0/s1. The average molecular weight is 372 g/mol. The molecular formula is C12H8BrN2O3S2-. The summed E-state index contributed by atoms with van der Waals surface area (Å²) in [5, 5.41) is 10.4. The number of rotatable bonds is 2. The molecule has 0 unspecified atom stereocenters. The second-order valence-electron chi connectivity index (χ2n) is 4.34. The Balaban J connectivity index is 2.01. The first-order chi connectivity index (χ1) is 9.52. The van der Waals surface area contributed by atoms with Gasteiger partial charge >= 0.3 is 0 Å². The first-order valence-electron chi connectivity index (χ1n) is 5.75. The van der Waals surface area contributed by atoms with E-state index >= 15 is 0 Å². The molecule has 0 aromatic heterocycles. The Morgan fingerprint density at radius 3 is 2.80 bits per heavy atom. The summed E-state index contributed by atoms with van der Waals surface area (Å²) in [6, 6.07) is 6.67. The smallest absolute Gasteiger partial charge is 0.257 e. The van der Waals surface area contributed by atoms with Gasteiger partial charge in [-0.2, -0.15) is 0 Å². The van der Waals surface area contributed by atoms with Crippen molar-refractivity contribution in [1.82, 2.24) is 4.90 Å². The summed E-state index contributed by atoms with van der Waals surface area (Å²) in [7, 11) is 0. The Hall–Kier alpha value is -1.12. The van der Waals surface area contributed by atoms with Crippen molar-refractivity contribution in [3.8, 4) is 0 Å². The highest BCUT2D eigenvalue weighted by molar-refractivity contribution is 9.10. The number of hydrogen-bond donors (Lipinski definition) is 0. The van der Waals surface area contributed by atoms with E-state index in [0.29, 0.717) is 11.4 Å². The molecular weight excluding hydrogens is 364 g/mol. The van der Waals surface area contributed by atoms with Crippen LogP contribution in [-0.4, -0.2) is 39.1 Å². The zero-order valence-electron chi connectivity index (χ0n) is 9.98. The Kier molecular flexibility index (Phi) is 3.47. The molecule has 104 valence electrons. The van der Waals surface area contributed by atoms with Crippen LogP contribution < -0.4 is 10.0 Å². The van der Waals surface area contributed by atoms with Gasteiger partial charge in [0.2, 0.25) is 0 Å². The van der Waals surface area contributed by atoms with Gasteiger partial charge in [0, 0.05) is 10.2 Å². The SMILES string of the molecule is O=C([O-])[C@H]1SC[C@H]2C(=O)N(c3ccccc3Br)C(=S)N12. The van der Waals surface area contributed by atoms with E-state index in [4.69, 9.17) is 12.2 Å². The summed E-state index contributed by atoms with van der Waals surface area (Å²) in [5.41, 5.74) is 0.624. The number of aliphatic carboxylic acids is 1. The molecule has 0 N–H and O–H groups in total. The Labute approximate surface area is 133 Å². The predicted octanol–water partition coefficient (Wildman–Crippen LogP) is 0.574. The number of halogens is 1. The second kappa shape index (κ2) is 5.01. The van der Waals surface area contributed by atoms with Gasteiger partial charge in [-0.05, 0) is 40.3 Å². The van der Waals surface area contributed by atoms with E-state index in [0.717, 1.165) is 4.47 Å². The number of carboxylic acid groups (broad SMARTS) is 1. The van der Waals surface area contributed by atoms with Crippen molar-refractivity contribution in [2.45, 2.75) is 11.4 Å². The zero-order valence-corrected chi connectivity index (χ0v) is 13.2. The van der Waals surface area contributed by atoms with Crippen LogP contribution >= 0.6 is 39.9 Å². The van der Waals surface area contributed by atoms with Crippen molar-refractivity contribution in [1.29, 1.82) is 0 Å². The molecule has 3 rings (SSSR count). The number of carboxylic acids is 1. The number of hydrogen-bond acceptors (Lipinski definition) is 5. The molecule has 2 saturated heterocycles. The number of thiocarbonyl (C=S) groups is 1. The topological polar surface area (TPSA) is 63.7 Å². The fraction of sp³-hybridized carbons (Fsp3) is 0.250. The largest absolute Gasteiger partial charge is 0.547 e. The number of benzene rings is 1. The molecule has 1 amide bonds. The number of amides is 1. The number of fused-ring (bicyclic) bond motifs is 1. The van der Waals surface area contributed by atoms with E-state index in [1.165, 1.54) is 21.6 Å². The highest BCUT2D eigenvalue weighted by Gasteiger charge is 2.51. The molecule has 2 aliphatic rings. The van der Waals surface area contributed by atoms with Crippen molar-refractivity contribution >= 4 is 62.6 Å². The van der Waals surface area contributed by atoms with Crippen LogP contribution in [0.1, 0.15) is 0 Å². The van der Waals surface area contributed by atoms with Crippen LogP contribution in [0, 0.1) is 0 Å². The highest BCUT2D eigenvalue weighted by Crippen LogP contribution is 2.39. The number of anilines is 1. The Bertz CT molecular complexity index is 624. The lowest BCUT2D eigenvalue weighted by molar-refractivity contribution is -0.307. The van der Waals surface area contributed by atoms with E-state index in [-0.39, 0.29) is 11.0 Å². The van der Waals surface area contributed by atoms with Crippen LogP contribution in [0.25, 0.3) is 0 Å². The van der Waals surface area contributed by atoms with Gasteiger partial charge in [0.25, 0.3) is 5.91 Å². The van der Waals surface area contributed by atoms with Crippen molar-refractivity contribution < 1.29 is 14.7 Å². The van der Waals surface area contributed by atoms with Crippen LogP contribution in [0.15, 0.2) is 28.7 Å². The van der Waals surface area contributed by atoms with Crippen molar-refractivity contribution in [3.63, 3.8) is 0 Å². The monoisotopic (exact) mass is 371 g/mol. The lowest BCUT2D eigenvalue weighted by Crippen LogP contribution is -2.46. The van der Waals surface area contributed by atoms with E-state index in [9.17, 15) is 14.7 Å². The Morgan fingerprint density at radius 2 is 2.15 bits per heavy atom. The maximum atomic E-state index is 12.5. The molecule has 0 spiro atoms. The van der Waals surface area contributed by atoms with Gasteiger partial charge in [0.15, 0.2) is 5.11 Å². The van der Waals surface area contributed by atoms with Crippen LogP contribution in [0.3, 0.4) is 0 Å². The lowest BCUT2D eigenvalue weighted by Gasteiger charge is -2.26. The Morgan fingerprint density at radius 1 is 1.45 bits per heavy atom. The van der Waals surface area contributed by atoms with Gasteiger partial charge < -0.3 is 14.8 Å². The van der Waals surface area contributed by atoms with Crippen molar-refractivity contribution in [2.75, 3.05) is 10.7 Å². The van der Waals surface area contributed by atoms with Gasteiger partial charge in [-0.3, -0.25) is 9.69 Å². The normalized spacial score (nSPS) is 25.2. The molecule has 0 saturated carbocycles. The molecule has 0 aliphatic carbocycles. The summed E-state index contributed by atoms with van der Waals surface area (Å²) < 4.78 is 0.731. The molecule has 2 heterocycles. The van der Waals surface area contributed by atoms with E-state index < -0.39 is 17.4 Å².